The van der Waals surface area contributed by atoms with E-state index in [0.717, 1.165) is 0 Å². The number of ether oxygens (including phenoxy) is 1. The Morgan fingerprint density at radius 3 is 1.40 bits per heavy atom. The maximum absolute atomic E-state index is 10.0. The molecule has 8 nitrogen and oxygen atoms in total. The second-order valence-corrected chi connectivity index (χ2v) is 2.74. The van der Waals surface area contributed by atoms with Crippen LogP contribution in [-0.4, -0.2) is 39.6 Å². The molecular weight excluding hydrogens is 210 g/mol. The first kappa shape index (κ1) is 15.6. The molecule has 0 aliphatic carbocycles. The molecule has 0 aromatic carbocycles. The van der Waals surface area contributed by atoms with E-state index in [-0.39, 0.29) is 5.92 Å². The summed E-state index contributed by atoms with van der Waals surface area (Å²) < 4.78 is 3.08. The Hall–Kier alpha value is -1.83. The highest BCUT2D eigenvalue weighted by atomic mass is 16.7. The molecule has 0 spiro atoms. The molecule has 0 saturated carbocycles. The molecule has 0 fully saturated rings. The molecule has 1 atom stereocenters. The van der Waals surface area contributed by atoms with Crippen molar-refractivity contribution in [3.8, 4) is 0 Å². The monoisotopic (exact) mass is 223 g/mol. The standard InChI is InChI=1S/C5H11NO2.C2H2O5/c1-3(2)4(6)5(7)8;3-1(4)7-2(5)6/h3-4H,6H2,1-2H3,(H,7,8);(H,3,4)(H,5,6)/t4-;/m0./s1. The van der Waals surface area contributed by atoms with Crippen LogP contribution in [0.15, 0.2) is 0 Å². The first-order chi connectivity index (χ1) is 6.68. The number of nitrogens with two attached hydrogens (primary N) is 1. The molecule has 0 rings (SSSR count). The van der Waals surface area contributed by atoms with E-state index in [1.165, 1.54) is 0 Å². The Balaban J connectivity index is 0. The van der Waals surface area contributed by atoms with Gasteiger partial charge in [-0.1, -0.05) is 13.8 Å². The van der Waals surface area contributed by atoms with Crippen molar-refractivity contribution < 1.29 is 34.4 Å². The van der Waals surface area contributed by atoms with Gasteiger partial charge < -0.3 is 25.8 Å². The normalized spacial score (nSPS) is 10.9. The number of aliphatic carboxylic acids is 1. The van der Waals surface area contributed by atoms with Crippen molar-refractivity contribution in [2.75, 3.05) is 0 Å². The molecule has 0 aromatic heterocycles. The maximum Gasteiger partial charge on any atom is 0.516 e. The summed E-state index contributed by atoms with van der Waals surface area (Å²) in [7, 11) is 0. The van der Waals surface area contributed by atoms with Crippen molar-refractivity contribution >= 4 is 18.3 Å². The molecule has 8 heteroatoms. The smallest absolute Gasteiger partial charge is 0.480 e. The molecule has 0 saturated heterocycles. The van der Waals surface area contributed by atoms with Gasteiger partial charge in [0.05, 0.1) is 0 Å². The molecule has 0 bridgehead atoms. The number of hydrogen-bond donors (Lipinski definition) is 4. The number of carbonyl (C=O) groups is 3. The van der Waals surface area contributed by atoms with Gasteiger partial charge in [-0.3, -0.25) is 4.79 Å². The Labute approximate surface area is 85.3 Å². The summed E-state index contributed by atoms with van der Waals surface area (Å²) in [6.45, 7) is 3.55. The summed E-state index contributed by atoms with van der Waals surface area (Å²) in [5, 5.41) is 23.2. The van der Waals surface area contributed by atoms with Gasteiger partial charge in [-0.05, 0) is 5.92 Å². The molecular formula is C7H13NO7. The van der Waals surface area contributed by atoms with Gasteiger partial charge in [0.1, 0.15) is 6.04 Å². The fourth-order valence-electron chi connectivity index (χ4n) is 0.360. The summed E-state index contributed by atoms with van der Waals surface area (Å²) in [6.07, 6.45) is -3.62. The molecule has 0 unspecified atom stereocenters. The van der Waals surface area contributed by atoms with Gasteiger partial charge in [-0.25, -0.2) is 9.59 Å². The average molecular weight is 223 g/mol. The van der Waals surface area contributed by atoms with Crippen LogP contribution in [0.5, 0.6) is 0 Å². The van der Waals surface area contributed by atoms with Crippen molar-refractivity contribution in [3.63, 3.8) is 0 Å². The lowest BCUT2D eigenvalue weighted by atomic mass is 10.1. The van der Waals surface area contributed by atoms with Crippen LogP contribution in [0.1, 0.15) is 13.8 Å². The average Bonchev–Trinajstić information content (AvgIpc) is 2.00. The lowest BCUT2D eigenvalue weighted by Gasteiger charge is -2.07. The second kappa shape index (κ2) is 7.56. The Kier molecular flexibility index (Phi) is 7.88. The minimum absolute atomic E-state index is 0.0208. The molecule has 15 heavy (non-hydrogen) atoms. The lowest BCUT2D eigenvalue weighted by molar-refractivity contribution is -0.139. The van der Waals surface area contributed by atoms with Crippen LogP contribution < -0.4 is 5.73 Å². The van der Waals surface area contributed by atoms with Gasteiger partial charge in [0.25, 0.3) is 0 Å². The third kappa shape index (κ3) is 12.2. The van der Waals surface area contributed by atoms with Gasteiger partial charge in [-0.2, -0.15) is 0 Å². The minimum atomic E-state index is -1.81. The SMILES string of the molecule is CC(C)[C@H](N)C(=O)O.O=C(O)OC(=O)O. The number of rotatable bonds is 2. The van der Waals surface area contributed by atoms with E-state index >= 15 is 0 Å². The van der Waals surface area contributed by atoms with Crippen molar-refractivity contribution in [1.29, 1.82) is 0 Å². The zero-order valence-corrected chi connectivity index (χ0v) is 8.21. The molecule has 0 heterocycles. The van der Waals surface area contributed by atoms with Crippen molar-refractivity contribution in [2.45, 2.75) is 19.9 Å². The fourth-order valence-corrected chi connectivity index (χ4v) is 0.360. The van der Waals surface area contributed by atoms with E-state index in [2.05, 4.69) is 4.74 Å². The van der Waals surface area contributed by atoms with Crippen LogP contribution in [-0.2, 0) is 9.53 Å². The van der Waals surface area contributed by atoms with Gasteiger partial charge in [0, 0.05) is 0 Å². The van der Waals surface area contributed by atoms with E-state index in [1.54, 1.807) is 13.8 Å². The summed E-state index contributed by atoms with van der Waals surface area (Å²) in [5.74, 6) is -0.910. The zero-order valence-electron chi connectivity index (χ0n) is 8.21. The second-order valence-electron chi connectivity index (χ2n) is 2.74. The number of carboxylic acid groups (broad SMARTS) is 3. The fraction of sp³-hybridized carbons (Fsp3) is 0.571. The highest BCUT2D eigenvalue weighted by Crippen LogP contribution is 1.96. The van der Waals surface area contributed by atoms with E-state index in [4.69, 9.17) is 21.1 Å². The van der Waals surface area contributed by atoms with E-state index < -0.39 is 24.3 Å². The summed E-state index contributed by atoms with van der Waals surface area (Å²) >= 11 is 0. The Morgan fingerprint density at radius 1 is 1.07 bits per heavy atom. The first-order valence-corrected chi connectivity index (χ1v) is 3.80. The van der Waals surface area contributed by atoms with Crippen LogP contribution in [0, 0.1) is 5.92 Å². The van der Waals surface area contributed by atoms with Gasteiger partial charge in [0.15, 0.2) is 0 Å². The van der Waals surface area contributed by atoms with Crippen LogP contribution in [0.3, 0.4) is 0 Å². The Morgan fingerprint density at radius 2 is 1.40 bits per heavy atom. The van der Waals surface area contributed by atoms with Crippen LogP contribution in [0.25, 0.3) is 0 Å². The van der Waals surface area contributed by atoms with Crippen LogP contribution >= 0.6 is 0 Å². The molecule has 0 aromatic rings. The third-order valence-electron chi connectivity index (χ3n) is 1.18. The predicted octanol–water partition coefficient (Wildman–Crippen LogP) is 0.413. The van der Waals surface area contributed by atoms with Crippen LogP contribution in [0.2, 0.25) is 0 Å². The summed E-state index contributed by atoms with van der Waals surface area (Å²) in [5.41, 5.74) is 5.16. The summed E-state index contributed by atoms with van der Waals surface area (Å²) in [4.78, 5) is 28.4. The quantitative estimate of drug-likeness (QED) is 0.388. The maximum atomic E-state index is 10.0. The Bertz CT molecular complexity index is 225. The molecule has 0 aliphatic heterocycles. The number of hydrogen-bond acceptors (Lipinski definition) is 5. The molecule has 0 aliphatic rings. The molecule has 0 amide bonds. The van der Waals surface area contributed by atoms with E-state index in [9.17, 15) is 14.4 Å². The largest absolute Gasteiger partial charge is 0.516 e. The molecule has 88 valence electrons. The lowest BCUT2D eigenvalue weighted by Crippen LogP contribution is -2.34. The third-order valence-corrected chi connectivity index (χ3v) is 1.18. The van der Waals surface area contributed by atoms with Gasteiger partial charge in [0.2, 0.25) is 0 Å². The van der Waals surface area contributed by atoms with E-state index in [1.807, 2.05) is 0 Å². The van der Waals surface area contributed by atoms with Crippen molar-refractivity contribution in [2.24, 2.45) is 11.7 Å². The zero-order chi connectivity index (χ0) is 12.6. The van der Waals surface area contributed by atoms with Gasteiger partial charge >= 0.3 is 18.3 Å². The highest BCUT2D eigenvalue weighted by Gasteiger charge is 2.14. The van der Waals surface area contributed by atoms with E-state index in [0.29, 0.717) is 0 Å². The van der Waals surface area contributed by atoms with Gasteiger partial charge in [-0.15, -0.1) is 0 Å². The molecule has 0 radical (unpaired) electrons. The number of carboxylic acids is 1. The van der Waals surface area contributed by atoms with Crippen molar-refractivity contribution in [1.82, 2.24) is 0 Å². The van der Waals surface area contributed by atoms with Crippen molar-refractivity contribution in [3.05, 3.63) is 0 Å². The highest BCUT2D eigenvalue weighted by molar-refractivity contribution is 5.74. The first-order valence-electron chi connectivity index (χ1n) is 3.80. The van der Waals surface area contributed by atoms with Crippen LogP contribution in [0.4, 0.5) is 9.59 Å². The predicted molar refractivity (Wildman–Crippen MR) is 47.6 cm³/mol. The minimum Gasteiger partial charge on any atom is -0.480 e. The topological polar surface area (TPSA) is 147 Å². The summed E-state index contributed by atoms with van der Waals surface area (Å²) in [6, 6.07) is -0.713. The molecule has 5 N–H and O–H groups in total.